The Balaban J connectivity index is 3.60. The SMILES string of the molecule is Cn1nc(C(=O)O)c(Cl)c(Cl)c1=O. The molecule has 70 valence electrons. The van der Waals surface area contributed by atoms with Gasteiger partial charge in [0.15, 0.2) is 5.69 Å². The van der Waals surface area contributed by atoms with Crippen molar-refractivity contribution in [3.05, 3.63) is 26.1 Å². The van der Waals surface area contributed by atoms with E-state index in [0.717, 1.165) is 4.68 Å². The number of rotatable bonds is 1. The molecule has 0 fully saturated rings. The Morgan fingerprint density at radius 3 is 2.46 bits per heavy atom. The predicted octanol–water partition coefficient (Wildman–Crippen LogP) is 0.785. The maximum absolute atomic E-state index is 11.1. The van der Waals surface area contributed by atoms with E-state index in [-0.39, 0.29) is 10.0 Å². The van der Waals surface area contributed by atoms with Crippen molar-refractivity contribution in [2.24, 2.45) is 7.05 Å². The van der Waals surface area contributed by atoms with Crippen molar-refractivity contribution in [3.8, 4) is 0 Å². The number of hydrogen-bond acceptors (Lipinski definition) is 3. The van der Waals surface area contributed by atoms with Crippen LogP contribution >= 0.6 is 23.2 Å². The maximum Gasteiger partial charge on any atom is 0.357 e. The van der Waals surface area contributed by atoms with Crippen molar-refractivity contribution >= 4 is 29.2 Å². The van der Waals surface area contributed by atoms with Crippen LogP contribution in [0.3, 0.4) is 0 Å². The number of aromatic nitrogens is 2. The number of aromatic carboxylic acids is 1. The second-order valence-electron chi connectivity index (χ2n) is 2.21. The molecule has 0 spiro atoms. The molecule has 0 unspecified atom stereocenters. The summed E-state index contributed by atoms with van der Waals surface area (Å²) in [5, 5.41) is 11.3. The quantitative estimate of drug-likeness (QED) is 0.763. The number of carboxylic acids is 1. The lowest BCUT2D eigenvalue weighted by molar-refractivity contribution is 0.0688. The van der Waals surface area contributed by atoms with E-state index in [0.29, 0.717) is 0 Å². The van der Waals surface area contributed by atoms with E-state index in [1.807, 2.05) is 0 Å². The molecule has 0 atom stereocenters. The number of carboxylic acid groups (broad SMARTS) is 1. The molecule has 0 bridgehead atoms. The minimum absolute atomic E-state index is 0.336. The summed E-state index contributed by atoms with van der Waals surface area (Å²) in [6, 6.07) is 0. The molecule has 0 saturated carbocycles. The van der Waals surface area contributed by atoms with Gasteiger partial charge in [0.05, 0.1) is 5.02 Å². The van der Waals surface area contributed by atoms with Gasteiger partial charge in [-0.05, 0) is 0 Å². The third-order valence-corrected chi connectivity index (χ3v) is 2.15. The van der Waals surface area contributed by atoms with Gasteiger partial charge in [-0.15, -0.1) is 0 Å². The number of carbonyl (C=O) groups is 1. The third kappa shape index (κ3) is 1.66. The zero-order valence-electron chi connectivity index (χ0n) is 6.41. The van der Waals surface area contributed by atoms with Crippen LogP contribution in [0.2, 0.25) is 10.0 Å². The third-order valence-electron chi connectivity index (χ3n) is 1.33. The molecule has 0 amide bonds. The van der Waals surface area contributed by atoms with Crippen LogP contribution in [-0.2, 0) is 7.05 Å². The molecule has 1 rings (SSSR count). The Morgan fingerprint density at radius 2 is 2.00 bits per heavy atom. The van der Waals surface area contributed by atoms with Crippen LogP contribution < -0.4 is 5.56 Å². The number of halogens is 2. The summed E-state index contributed by atoms with van der Waals surface area (Å²) >= 11 is 10.9. The van der Waals surface area contributed by atoms with E-state index < -0.39 is 17.2 Å². The lowest BCUT2D eigenvalue weighted by Crippen LogP contribution is -2.23. The molecule has 13 heavy (non-hydrogen) atoms. The van der Waals surface area contributed by atoms with Crippen LogP contribution in [0.5, 0.6) is 0 Å². The highest BCUT2D eigenvalue weighted by atomic mass is 35.5. The zero-order valence-corrected chi connectivity index (χ0v) is 7.93. The highest BCUT2D eigenvalue weighted by molar-refractivity contribution is 6.43. The average Bonchev–Trinajstić information content (AvgIpc) is 2.07. The topological polar surface area (TPSA) is 72.2 Å². The van der Waals surface area contributed by atoms with Gasteiger partial charge in [-0.2, -0.15) is 5.10 Å². The monoisotopic (exact) mass is 222 g/mol. The summed E-state index contributed by atoms with van der Waals surface area (Å²) < 4.78 is 0.817. The minimum Gasteiger partial charge on any atom is -0.476 e. The Kier molecular flexibility index (Phi) is 2.58. The number of hydrogen-bond donors (Lipinski definition) is 1. The van der Waals surface area contributed by atoms with Crippen LogP contribution in [0.15, 0.2) is 4.79 Å². The van der Waals surface area contributed by atoms with Crippen molar-refractivity contribution in [1.82, 2.24) is 9.78 Å². The molecule has 1 heterocycles. The molecule has 0 aromatic carbocycles. The fourth-order valence-electron chi connectivity index (χ4n) is 0.716. The summed E-state index contributed by atoms with van der Waals surface area (Å²) in [5.41, 5.74) is -1.06. The summed E-state index contributed by atoms with van der Waals surface area (Å²) in [6.45, 7) is 0. The first-order chi connectivity index (χ1) is 5.95. The van der Waals surface area contributed by atoms with Gasteiger partial charge in [0.25, 0.3) is 5.56 Å². The van der Waals surface area contributed by atoms with Gasteiger partial charge in [0.2, 0.25) is 0 Å². The van der Waals surface area contributed by atoms with E-state index in [1.165, 1.54) is 7.05 Å². The van der Waals surface area contributed by atoms with Gasteiger partial charge < -0.3 is 5.11 Å². The highest BCUT2D eigenvalue weighted by Gasteiger charge is 2.17. The first-order valence-electron chi connectivity index (χ1n) is 3.10. The van der Waals surface area contributed by atoms with Gasteiger partial charge in [-0.25, -0.2) is 9.48 Å². The standard InChI is InChI=1S/C6H4Cl2N2O3/c1-10-5(11)3(8)2(7)4(9-10)6(12)13/h1H3,(H,12,13). The van der Waals surface area contributed by atoms with Crippen LogP contribution in [0, 0.1) is 0 Å². The van der Waals surface area contributed by atoms with Crippen molar-refractivity contribution in [2.45, 2.75) is 0 Å². The first-order valence-corrected chi connectivity index (χ1v) is 3.86. The lowest BCUT2D eigenvalue weighted by Gasteiger charge is -2.02. The zero-order chi connectivity index (χ0) is 10.2. The van der Waals surface area contributed by atoms with Gasteiger partial charge in [0, 0.05) is 7.05 Å². The largest absolute Gasteiger partial charge is 0.476 e. The van der Waals surface area contributed by atoms with Gasteiger partial charge in [-0.3, -0.25) is 4.79 Å². The fourth-order valence-corrected chi connectivity index (χ4v) is 1.13. The number of nitrogens with zero attached hydrogens (tertiary/aromatic N) is 2. The molecule has 0 radical (unpaired) electrons. The van der Waals surface area contributed by atoms with Gasteiger partial charge in [-0.1, -0.05) is 23.2 Å². The molecular weight excluding hydrogens is 219 g/mol. The second kappa shape index (κ2) is 3.35. The molecule has 7 heteroatoms. The van der Waals surface area contributed by atoms with E-state index in [9.17, 15) is 9.59 Å². The smallest absolute Gasteiger partial charge is 0.357 e. The van der Waals surface area contributed by atoms with Crippen molar-refractivity contribution < 1.29 is 9.90 Å². The normalized spacial score (nSPS) is 10.1. The van der Waals surface area contributed by atoms with E-state index in [1.54, 1.807) is 0 Å². The molecule has 0 saturated heterocycles. The summed E-state index contributed by atoms with van der Waals surface area (Å²) in [5.74, 6) is -1.33. The van der Waals surface area contributed by atoms with E-state index in [2.05, 4.69) is 5.10 Å². The molecule has 1 aromatic heterocycles. The van der Waals surface area contributed by atoms with Crippen molar-refractivity contribution in [3.63, 3.8) is 0 Å². The maximum atomic E-state index is 11.1. The second-order valence-corrected chi connectivity index (χ2v) is 2.97. The predicted molar refractivity (Wildman–Crippen MR) is 46.5 cm³/mol. The van der Waals surface area contributed by atoms with Crippen molar-refractivity contribution in [2.75, 3.05) is 0 Å². The van der Waals surface area contributed by atoms with Gasteiger partial charge in [0.1, 0.15) is 5.02 Å². The van der Waals surface area contributed by atoms with E-state index >= 15 is 0 Å². The minimum atomic E-state index is -1.33. The molecule has 0 aliphatic heterocycles. The van der Waals surface area contributed by atoms with Crippen LogP contribution in [0.4, 0.5) is 0 Å². The molecule has 0 aliphatic rings. The average molecular weight is 223 g/mol. The first kappa shape index (κ1) is 10.0. The Labute approximate surface area is 82.5 Å². The van der Waals surface area contributed by atoms with Gasteiger partial charge >= 0.3 is 5.97 Å². The van der Waals surface area contributed by atoms with E-state index in [4.69, 9.17) is 28.3 Å². The Bertz CT molecular complexity index is 427. The fraction of sp³-hybridized carbons (Fsp3) is 0.167. The summed E-state index contributed by atoms with van der Waals surface area (Å²) in [6.07, 6.45) is 0. The molecular formula is C6H4Cl2N2O3. The number of aryl methyl sites for hydroxylation is 1. The summed E-state index contributed by atoms with van der Waals surface area (Å²) in [7, 11) is 1.29. The molecule has 1 N–H and O–H groups in total. The highest BCUT2D eigenvalue weighted by Crippen LogP contribution is 2.19. The molecule has 0 aliphatic carbocycles. The lowest BCUT2D eigenvalue weighted by atomic mass is 10.4. The van der Waals surface area contributed by atoms with Crippen LogP contribution in [-0.4, -0.2) is 20.9 Å². The molecule has 1 aromatic rings. The molecule has 5 nitrogen and oxygen atoms in total. The van der Waals surface area contributed by atoms with Crippen molar-refractivity contribution in [1.29, 1.82) is 0 Å². The Morgan fingerprint density at radius 1 is 1.46 bits per heavy atom. The van der Waals surface area contributed by atoms with Crippen LogP contribution in [0.25, 0.3) is 0 Å². The van der Waals surface area contributed by atoms with Crippen LogP contribution in [0.1, 0.15) is 10.5 Å². The summed E-state index contributed by atoms with van der Waals surface area (Å²) in [4.78, 5) is 21.6. The Hall–Kier alpha value is -1.07.